The summed E-state index contributed by atoms with van der Waals surface area (Å²) in [4.78, 5) is 23.6. The molecule has 0 radical (unpaired) electrons. The number of carbonyl (C=O) groups excluding carboxylic acids is 2. The Hall–Kier alpha value is -2.53. The van der Waals surface area contributed by atoms with Crippen molar-refractivity contribution in [3.05, 3.63) is 58.6 Å². The van der Waals surface area contributed by atoms with Gasteiger partial charge in [0.2, 0.25) is 5.91 Å². The Morgan fingerprint density at radius 3 is 2.52 bits per heavy atom. The zero-order valence-electron chi connectivity index (χ0n) is 12.6. The van der Waals surface area contributed by atoms with Crippen LogP contribution < -0.4 is 11.1 Å². The first-order chi connectivity index (χ1) is 11.0. The Kier molecular flexibility index (Phi) is 5.60. The number of benzene rings is 2. The fraction of sp³-hybridized carbons (Fsp3) is 0.176. The van der Waals surface area contributed by atoms with Crippen molar-refractivity contribution in [3.63, 3.8) is 0 Å². The summed E-state index contributed by atoms with van der Waals surface area (Å²) in [5.74, 6) is -0.634. The van der Waals surface area contributed by atoms with Crippen LogP contribution in [0.25, 0.3) is 0 Å². The molecule has 0 aliphatic heterocycles. The van der Waals surface area contributed by atoms with Crippen LogP contribution in [0.15, 0.2) is 42.5 Å². The van der Waals surface area contributed by atoms with Gasteiger partial charge < -0.3 is 15.8 Å². The number of para-hydroxylation sites is 1. The van der Waals surface area contributed by atoms with Crippen molar-refractivity contribution in [3.8, 4) is 0 Å². The van der Waals surface area contributed by atoms with Crippen molar-refractivity contribution in [1.29, 1.82) is 0 Å². The van der Waals surface area contributed by atoms with Crippen LogP contribution in [0.3, 0.4) is 0 Å². The van der Waals surface area contributed by atoms with Gasteiger partial charge in [-0.2, -0.15) is 0 Å². The van der Waals surface area contributed by atoms with Crippen LogP contribution in [0.5, 0.6) is 0 Å². The Morgan fingerprint density at radius 2 is 1.87 bits per heavy atom. The molecule has 23 heavy (non-hydrogen) atoms. The van der Waals surface area contributed by atoms with Crippen molar-refractivity contribution in [2.24, 2.45) is 0 Å². The first-order valence-corrected chi connectivity index (χ1v) is 7.40. The molecule has 0 saturated heterocycles. The third-order valence-corrected chi connectivity index (χ3v) is 3.60. The van der Waals surface area contributed by atoms with Gasteiger partial charge in [0.15, 0.2) is 0 Å². The van der Waals surface area contributed by atoms with Gasteiger partial charge in [-0.1, -0.05) is 23.7 Å². The lowest BCUT2D eigenvalue weighted by Gasteiger charge is -2.10. The number of nitrogens with one attached hydrogen (secondary N) is 1. The third kappa shape index (κ3) is 4.47. The lowest BCUT2D eigenvalue weighted by molar-refractivity contribution is -0.116. The van der Waals surface area contributed by atoms with Crippen molar-refractivity contribution >= 4 is 34.9 Å². The topological polar surface area (TPSA) is 81.4 Å². The van der Waals surface area contributed by atoms with Gasteiger partial charge in [-0.3, -0.25) is 4.79 Å². The SMILES string of the molecule is COC(=O)c1cccc(CCC(=O)Nc2ccc(Cl)cc2)c1N. The number of carbonyl (C=O) groups is 2. The standard InChI is InChI=1S/C17H17ClN2O3/c1-23-17(22)14-4-2-3-11(16(14)19)5-10-15(21)20-13-8-6-12(18)7-9-13/h2-4,6-9H,5,10,19H2,1H3,(H,20,21). The molecule has 6 heteroatoms. The normalized spacial score (nSPS) is 10.2. The minimum Gasteiger partial charge on any atom is -0.465 e. The van der Waals surface area contributed by atoms with E-state index in [0.717, 1.165) is 5.56 Å². The number of rotatable bonds is 5. The van der Waals surface area contributed by atoms with Gasteiger partial charge in [0.05, 0.1) is 12.7 Å². The number of nitrogen functional groups attached to an aromatic ring is 1. The molecule has 0 aliphatic carbocycles. The average molecular weight is 333 g/mol. The van der Waals surface area contributed by atoms with Crippen molar-refractivity contribution < 1.29 is 14.3 Å². The highest BCUT2D eigenvalue weighted by Crippen LogP contribution is 2.20. The molecule has 0 saturated carbocycles. The summed E-state index contributed by atoms with van der Waals surface area (Å²) < 4.78 is 4.68. The third-order valence-electron chi connectivity index (χ3n) is 3.35. The monoisotopic (exact) mass is 332 g/mol. The van der Waals surface area contributed by atoms with E-state index in [4.69, 9.17) is 17.3 Å². The van der Waals surface area contributed by atoms with E-state index in [2.05, 4.69) is 10.1 Å². The first kappa shape index (κ1) is 16.8. The summed E-state index contributed by atoms with van der Waals surface area (Å²) >= 11 is 5.79. The van der Waals surface area contributed by atoms with Crippen LogP contribution in [0.4, 0.5) is 11.4 Å². The van der Waals surface area contributed by atoms with Crippen LogP contribution in [-0.4, -0.2) is 19.0 Å². The molecule has 2 rings (SSSR count). The van der Waals surface area contributed by atoms with Crippen molar-refractivity contribution in [2.75, 3.05) is 18.2 Å². The number of hydrogen-bond donors (Lipinski definition) is 2. The minimum atomic E-state index is -0.491. The van der Waals surface area contributed by atoms with Gasteiger partial charge in [0.25, 0.3) is 0 Å². The number of esters is 1. The lowest BCUT2D eigenvalue weighted by atomic mass is 10.0. The van der Waals surface area contributed by atoms with Crippen molar-refractivity contribution in [2.45, 2.75) is 12.8 Å². The fourth-order valence-electron chi connectivity index (χ4n) is 2.12. The maximum absolute atomic E-state index is 12.0. The zero-order chi connectivity index (χ0) is 16.8. The Balaban J connectivity index is 1.99. The van der Waals surface area contributed by atoms with Gasteiger partial charge in [0.1, 0.15) is 0 Å². The summed E-state index contributed by atoms with van der Waals surface area (Å²) in [6, 6.07) is 12.0. The summed E-state index contributed by atoms with van der Waals surface area (Å²) in [5.41, 5.74) is 8.03. The van der Waals surface area contributed by atoms with Crippen LogP contribution in [0.1, 0.15) is 22.3 Å². The summed E-state index contributed by atoms with van der Waals surface area (Å²) in [6.07, 6.45) is 0.674. The molecule has 0 atom stereocenters. The molecule has 5 nitrogen and oxygen atoms in total. The molecule has 2 aromatic rings. The number of anilines is 2. The molecule has 1 amide bonds. The minimum absolute atomic E-state index is 0.143. The first-order valence-electron chi connectivity index (χ1n) is 7.02. The second-order valence-corrected chi connectivity index (χ2v) is 5.36. The van der Waals surface area contributed by atoms with E-state index in [1.54, 1.807) is 42.5 Å². The van der Waals surface area contributed by atoms with Crippen LogP contribution in [0, 0.1) is 0 Å². The van der Waals surface area contributed by atoms with Crippen LogP contribution in [0.2, 0.25) is 5.02 Å². The molecule has 2 aromatic carbocycles. The number of methoxy groups -OCH3 is 1. The number of hydrogen-bond acceptors (Lipinski definition) is 4. The van der Waals surface area contributed by atoms with E-state index >= 15 is 0 Å². The van der Waals surface area contributed by atoms with Crippen molar-refractivity contribution in [1.82, 2.24) is 0 Å². The number of amides is 1. The van der Waals surface area contributed by atoms with Gasteiger partial charge in [0, 0.05) is 22.8 Å². The Morgan fingerprint density at radius 1 is 1.17 bits per heavy atom. The molecule has 0 unspecified atom stereocenters. The van der Waals surface area contributed by atoms with E-state index < -0.39 is 5.97 Å². The largest absolute Gasteiger partial charge is 0.465 e. The molecular formula is C17H17ClN2O3. The fourth-order valence-corrected chi connectivity index (χ4v) is 2.25. The number of halogens is 1. The molecule has 0 aliphatic rings. The maximum Gasteiger partial charge on any atom is 0.339 e. The average Bonchev–Trinajstić information content (AvgIpc) is 2.55. The predicted octanol–water partition coefficient (Wildman–Crippen LogP) is 3.28. The Labute approximate surface area is 139 Å². The number of ether oxygens (including phenoxy) is 1. The molecule has 0 aromatic heterocycles. The summed E-state index contributed by atoms with van der Waals surface area (Å²) in [6.45, 7) is 0. The molecule has 0 spiro atoms. The second-order valence-electron chi connectivity index (χ2n) is 4.93. The lowest BCUT2D eigenvalue weighted by Crippen LogP contribution is -2.13. The molecule has 0 bridgehead atoms. The Bertz CT molecular complexity index is 714. The zero-order valence-corrected chi connectivity index (χ0v) is 13.4. The molecular weight excluding hydrogens is 316 g/mol. The van der Waals surface area contributed by atoms with Crippen LogP contribution in [-0.2, 0) is 16.0 Å². The molecule has 0 fully saturated rings. The number of nitrogens with two attached hydrogens (primary N) is 1. The van der Waals surface area contributed by atoms with E-state index in [-0.39, 0.29) is 12.3 Å². The highest BCUT2D eigenvalue weighted by atomic mass is 35.5. The van der Waals surface area contributed by atoms with Gasteiger partial charge in [-0.25, -0.2) is 4.79 Å². The summed E-state index contributed by atoms with van der Waals surface area (Å²) in [7, 11) is 1.30. The highest BCUT2D eigenvalue weighted by Gasteiger charge is 2.13. The van der Waals surface area contributed by atoms with Crippen LogP contribution >= 0.6 is 11.6 Å². The quantitative estimate of drug-likeness (QED) is 0.650. The number of aryl methyl sites for hydroxylation is 1. The van der Waals surface area contributed by atoms with Gasteiger partial charge >= 0.3 is 5.97 Å². The molecule has 120 valence electrons. The maximum atomic E-state index is 12.0. The highest BCUT2D eigenvalue weighted by molar-refractivity contribution is 6.30. The van der Waals surface area contributed by atoms with Gasteiger partial charge in [-0.05, 0) is 42.3 Å². The van der Waals surface area contributed by atoms with E-state index in [0.29, 0.717) is 28.4 Å². The summed E-state index contributed by atoms with van der Waals surface area (Å²) in [5, 5.41) is 3.38. The predicted molar refractivity (Wildman–Crippen MR) is 90.6 cm³/mol. The van der Waals surface area contributed by atoms with E-state index in [9.17, 15) is 9.59 Å². The second kappa shape index (κ2) is 7.65. The molecule has 0 heterocycles. The smallest absolute Gasteiger partial charge is 0.339 e. The van der Waals surface area contributed by atoms with E-state index in [1.807, 2.05) is 0 Å². The van der Waals surface area contributed by atoms with E-state index in [1.165, 1.54) is 7.11 Å². The molecule has 3 N–H and O–H groups in total. The van der Waals surface area contributed by atoms with Gasteiger partial charge in [-0.15, -0.1) is 0 Å².